The Balaban J connectivity index is 1.92. The van der Waals surface area contributed by atoms with Gasteiger partial charge in [-0.2, -0.15) is 0 Å². The van der Waals surface area contributed by atoms with Gasteiger partial charge in [-0.3, -0.25) is 9.78 Å². The van der Waals surface area contributed by atoms with Crippen molar-refractivity contribution in [3.63, 3.8) is 0 Å². The SMILES string of the molecule is CC1CC1CNC(=O)c1cncc(NN)n1. The second kappa shape index (κ2) is 4.44. The maximum atomic E-state index is 11.7. The molecule has 1 aromatic heterocycles. The molecule has 1 amide bonds. The van der Waals surface area contributed by atoms with Crippen molar-refractivity contribution >= 4 is 11.7 Å². The molecule has 0 saturated heterocycles. The van der Waals surface area contributed by atoms with E-state index in [1.54, 1.807) is 0 Å². The molecule has 2 atom stereocenters. The van der Waals surface area contributed by atoms with Crippen molar-refractivity contribution in [2.24, 2.45) is 17.7 Å². The van der Waals surface area contributed by atoms with Crippen LogP contribution in [0.4, 0.5) is 5.82 Å². The molecule has 1 heterocycles. The number of rotatable bonds is 4. The summed E-state index contributed by atoms with van der Waals surface area (Å²) < 4.78 is 0. The maximum Gasteiger partial charge on any atom is 0.271 e. The van der Waals surface area contributed by atoms with Gasteiger partial charge in [0.2, 0.25) is 0 Å². The molecule has 1 fully saturated rings. The Bertz CT molecular complexity index is 395. The average molecular weight is 221 g/mol. The lowest BCUT2D eigenvalue weighted by Gasteiger charge is -2.04. The zero-order valence-corrected chi connectivity index (χ0v) is 9.10. The molecule has 86 valence electrons. The number of hydrazine groups is 1. The monoisotopic (exact) mass is 221 g/mol. The lowest BCUT2D eigenvalue weighted by atomic mass is 10.3. The number of carbonyl (C=O) groups excluding carboxylic acids is 1. The summed E-state index contributed by atoms with van der Waals surface area (Å²) in [5, 5.41) is 2.83. The lowest BCUT2D eigenvalue weighted by molar-refractivity contribution is 0.0946. The van der Waals surface area contributed by atoms with Gasteiger partial charge in [-0.05, 0) is 18.3 Å². The third-order valence-electron chi connectivity index (χ3n) is 2.82. The van der Waals surface area contributed by atoms with E-state index in [4.69, 9.17) is 5.84 Å². The van der Waals surface area contributed by atoms with Crippen LogP contribution < -0.4 is 16.6 Å². The summed E-state index contributed by atoms with van der Waals surface area (Å²) in [7, 11) is 0. The normalized spacial score (nSPS) is 22.6. The van der Waals surface area contributed by atoms with Crippen molar-refractivity contribution in [2.45, 2.75) is 13.3 Å². The number of hydrogen-bond acceptors (Lipinski definition) is 5. The first-order valence-corrected chi connectivity index (χ1v) is 5.27. The number of anilines is 1. The van der Waals surface area contributed by atoms with Crippen LogP contribution in [0.3, 0.4) is 0 Å². The Hall–Kier alpha value is -1.69. The van der Waals surface area contributed by atoms with E-state index in [2.05, 4.69) is 27.6 Å². The van der Waals surface area contributed by atoms with E-state index in [0.717, 1.165) is 5.92 Å². The van der Waals surface area contributed by atoms with Crippen LogP contribution >= 0.6 is 0 Å². The van der Waals surface area contributed by atoms with Crippen molar-refractivity contribution < 1.29 is 4.79 Å². The summed E-state index contributed by atoms with van der Waals surface area (Å²) in [6.45, 7) is 2.89. The van der Waals surface area contributed by atoms with Gasteiger partial charge >= 0.3 is 0 Å². The predicted molar refractivity (Wildman–Crippen MR) is 59.4 cm³/mol. The quantitative estimate of drug-likeness (QED) is 0.497. The van der Waals surface area contributed by atoms with Gasteiger partial charge in [-0.15, -0.1) is 0 Å². The summed E-state index contributed by atoms with van der Waals surface area (Å²) in [6.07, 6.45) is 4.07. The van der Waals surface area contributed by atoms with Crippen molar-refractivity contribution in [2.75, 3.05) is 12.0 Å². The van der Waals surface area contributed by atoms with E-state index in [1.165, 1.54) is 18.8 Å². The third kappa shape index (κ3) is 2.46. The Labute approximate surface area is 93.6 Å². The van der Waals surface area contributed by atoms with E-state index in [-0.39, 0.29) is 11.6 Å². The fourth-order valence-corrected chi connectivity index (χ4v) is 1.54. The molecule has 1 aromatic rings. The third-order valence-corrected chi connectivity index (χ3v) is 2.82. The van der Waals surface area contributed by atoms with E-state index in [9.17, 15) is 4.79 Å². The van der Waals surface area contributed by atoms with Crippen LogP contribution in [0.2, 0.25) is 0 Å². The number of nitrogen functional groups attached to an aromatic ring is 1. The van der Waals surface area contributed by atoms with E-state index in [1.807, 2.05) is 0 Å². The molecule has 0 aliphatic heterocycles. The molecule has 0 radical (unpaired) electrons. The van der Waals surface area contributed by atoms with Crippen molar-refractivity contribution in [1.82, 2.24) is 15.3 Å². The Kier molecular flexibility index (Phi) is 3.00. The zero-order valence-electron chi connectivity index (χ0n) is 9.10. The standard InChI is InChI=1S/C10H15N5O/c1-6-2-7(6)3-13-10(16)8-4-12-5-9(14-8)15-11/h4-7H,2-3,11H2,1H3,(H,13,16)(H,14,15). The predicted octanol–water partition coefficient (Wildman–Crippen LogP) is 0.148. The average Bonchev–Trinajstić information content (AvgIpc) is 3.02. The molecule has 2 unspecified atom stereocenters. The molecule has 1 saturated carbocycles. The van der Waals surface area contributed by atoms with Crippen LogP contribution in [0.15, 0.2) is 12.4 Å². The van der Waals surface area contributed by atoms with E-state index in [0.29, 0.717) is 18.3 Å². The molecular weight excluding hydrogens is 206 g/mol. The first kappa shape index (κ1) is 10.8. The second-order valence-corrected chi connectivity index (χ2v) is 4.12. The van der Waals surface area contributed by atoms with E-state index < -0.39 is 0 Å². The molecule has 0 spiro atoms. The van der Waals surface area contributed by atoms with Crippen LogP contribution in [0.25, 0.3) is 0 Å². The second-order valence-electron chi connectivity index (χ2n) is 4.12. The zero-order chi connectivity index (χ0) is 11.5. The minimum atomic E-state index is -0.205. The number of nitrogens with zero attached hydrogens (tertiary/aromatic N) is 2. The smallest absolute Gasteiger partial charge is 0.271 e. The van der Waals surface area contributed by atoms with Gasteiger partial charge in [0.25, 0.3) is 5.91 Å². The highest BCUT2D eigenvalue weighted by atomic mass is 16.1. The molecular formula is C10H15N5O. The number of hydrogen-bond donors (Lipinski definition) is 3. The van der Waals surface area contributed by atoms with Gasteiger partial charge in [-0.25, -0.2) is 10.8 Å². The number of aromatic nitrogens is 2. The highest BCUT2D eigenvalue weighted by Crippen LogP contribution is 2.36. The minimum absolute atomic E-state index is 0.205. The van der Waals surface area contributed by atoms with Crippen LogP contribution in [-0.2, 0) is 0 Å². The summed E-state index contributed by atoms with van der Waals surface area (Å²) in [4.78, 5) is 19.5. The maximum absolute atomic E-state index is 11.7. The van der Waals surface area contributed by atoms with Gasteiger partial charge in [0.1, 0.15) is 5.69 Å². The molecule has 1 aliphatic rings. The highest BCUT2D eigenvalue weighted by molar-refractivity contribution is 5.92. The topological polar surface area (TPSA) is 92.9 Å². The van der Waals surface area contributed by atoms with Crippen molar-refractivity contribution in [3.8, 4) is 0 Å². The molecule has 6 nitrogen and oxygen atoms in total. The van der Waals surface area contributed by atoms with Gasteiger partial charge in [0.05, 0.1) is 12.4 Å². The van der Waals surface area contributed by atoms with Crippen LogP contribution in [0.5, 0.6) is 0 Å². The summed E-state index contributed by atoms with van der Waals surface area (Å²) >= 11 is 0. The molecule has 0 bridgehead atoms. The number of amides is 1. The van der Waals surface area contributed by atoms with Crippen LogP contribution in [0, 0.1) is 11.8 Å². The Morgan fingerprint density at radius 3 is 3.00 bits per heavy atom. The Morgan fingerprint density at radius 2 is 2.38 bits per heavy atom. The van der Waals surface area contributed by atoms with Crippen molar-refractivity contribution in [3.05, 3.63) is 18.1 Å². The number of nitrogens with one attached hydrogen (secondary N) is 2. The van der Waals surface area contributed by atoms with Gasteiger partial charge in [0, 0.05) is 6.54 Å². The van der Waals surface area contributed by atoms with E-state index >= 15 is 0 Å². The fraction of sp³-hybridized carbons (Fsp3) is 0.500. The van der Waals surface area contributed by atoms with Crippen molar-refractivity contribution in [1.29, 1.82) is 0 Å². The molecule has 0 aromatic carbocycles. The van der Waals surface area contributed by atoms with Gasteiger partial charge in [-0.1, -0.05) is 6.92 Å². The number of carbonyl (C=O) groups is 1. The summed E-state index contributed by atoms with van der Waals surface area (Å²) in [5.41, 5.74) is 2.63. The largest absolute Gasteiger partial charge is 0.350 e. The molecule has 4 N–H and O–H groups in total. The molecule has 1 aliphatic carbocycles. The molecule has 6 heteroatoms. The summed E-state index contributed by atoms with van der Waals surface area (Å²) in [6, 6.07) is 0. The lowest BCUT2D eigenvalue weighted by Crippen LogP contribution is -2.27. The van der Waals surface area contributed by atoms with Gasteiger partial charge in [0.15, 0.2) is 5.82 Å². The fourth-order valence-electron chi connectivity index (χ4n) is 1.54. The van der Waals surface area contributed by atoms with Gasteiger partial charge < -0.3 is 10.7 Å². The first-order chi connectivity index (χ1) is 7.70. The minimum Gasteiger partial charge on any atom is -0.350 e. The number of nitrogens with two attached hydrogens (primary N) is 1. The first-order valence-electron chi connectivity index (χ1n) is 5.27. The van der Waals surface area contributed by atoms with Crippen LogP contribution in [-0.4, -0.2) is 22.4 Å². The van der Waals surface area contributed by atoms with Crippen LogP contribution in [0.1, 0.15) is 23.8 Å². The Morgan fingerprint density at radius 1 is 1.62 bits per heavy atom. The molecule has 2 rings (SSSR count). The highest BCUT2D eigenvalue weighted by Gasteiger charge is 2.32. The molecule has 16 heavy (non-hydrogen) atoms. The summed E-state index contributed by atoms with van der Waals surface area (Å²) in [5.74, 6) is 6.71.